The number of anilines is 2. The van der Waals surface area contributed by atoms with E-state index in [0.29, 0.717) is 11.1 Å². The fourth-order valence-electron chi connectivity index (χ4n) is 4.43. The van der Waals surface area contributed by atoms with Gasteiger partial charge in [-0.05, 0) is 54.8 Å². The predicted octanol–water partition coefficient (Wildman–Crippen LogP) is 4.85. The van der Waals surface area contributed by atoms with Crippen molar-refractivity contribution in [1.29, 1.82) is 0 Å². The van der Waals surface area contributed by atoms with Crippen molar-refractivity contribution in [3.63, 3.8) is 0 Å². The number of hydrogen-bond donors (Lipinski definition) is 1. The van der Waals surface area contributed by atoms with Crippen molar-refractivity contribution >= 4 is 54.9 Å². The van der Waals surface area contributed by atoms with Crippen LogP contribution in [0.15, 0.2) is 71.2 Å². The van der Waals surface area contributed by atoms with Gasteiger partial charge in [0, 0.05) is 44.9 Å². The number of rotatable bonds is 6. The highest BCUT2D eigenvalue weighted by Crippen LogP contribution is 2.33. The van der Waals surface area contributed by atoms with Gasteiger partial charge >= 0.3 is 6.18 Å². The summed E-state index contributed by atoms with van der Waals surface area (Å²) in [6.07, 6.45) is -1.48. The molecule has 4 aromatic rings. The van der Waals surface area contributed by atoms with Gasteiger partial charge in [-0.25, -0.2) is 13.4 Å². The minimum atomic E-state index is -4.51. The summed E-state index contributed by atoms with van der Waals surface area (Å²) in [6.45, 7) is 1.73. The maximum absolute atomic E-state index is 13.2. The van der Waals surface area contributed by atoms with Gasteiger partial charge in [0.15, 0.2) is 5.13 Å². The van der Waals surface area contributed by atoms with Crippen LogP contribution in [-0.2, 0) is 25.8 Å². The standard InChI is InChI=1S/C25H22F3N5O4S2.2H2/c1-16(32-10-8-17-2-3-18(14-21(17)32)25(26,27)28)23(35)31-11-12-33(22(34)15-31)19-4-6-20(7-5-19)39(36,37)30-24-29-9-13-38-24;;/h2-10,13-14,16H,11-12,15H2,1H3,(H,29,30);2*1H/t16-;;/m1../s1. The maximum atomic E-state index is 13.2. The number of carbonyl (C=O) groups is 2. The number of thiazole rings is 1. The molecule has 14 heteroatoms. The van der Waals surface area contributed by atoms with E-state index in [9.17, 15) is 31.2 Å². The highest BCUT2D eigenvalue weighted by Gasteiger charge is 2.33. The molecule has 2 aromatic heterocycles. The maximum Gasteiger partial charge on any atom is 0.416 e. The Bertz CT molecular complexity index is 1650. The lowest BCUT2D eigenvalue weighted by Gasteiger charge is -2.35. The van der Waals surface area contributed by atoms with E-state index in [4.69, 9.17) is 0 Å². The molecular weight excluding hydrogens is 555 g/mol. The summed E-state index contributed by atoms with van der Waals surface area (Å²) in [6, 6.07) is 9.96. The van der Waals surface area contributed by atoms with Crippen LogP contribution in [0.1, 0.15) is 21.4 Å². The second-order valence-electron chi connectivity index (χ2n) is 8.91. The molecule has 0 spiro atoms. The minimum Gasteiger partial charge on any atom is -0.335 e. The van der Waals surface area contributed by atoms with Crippen LogP contribution in [0, 0.1) is 0 Å². The van der Waals surface area contributed by atoms with Crippen molar-refractivity contribution in [1.82, 2.24) is 14.5 Å². The number of benzene rings is 2. The van der Waals surface area contributed by atoms with Gasteiger partial charge in [-0.2, -0.15) is 13.2 Å². The topological polar surface area (TPSA) is 105 Å². The van der Waals surface area contributed by atoms with E-state index in [1.165, 1.54) is 50.9 Å². The molecule has 208 valence electrons. The Balaban J connectivity index is 0.00000231. The number of piperazine rings is 1. The van der Waals surface area contributed by atoms with Crippen LogP contribution < -0.4 is 9.62 Å². The van der Waals surface area contributed by atoms with Gasteiger partial charge < -0.3 is 14.4 Å². The molecule has 0 saturated carbocycles. The van der Waals surface area contributed by atoms with E-state index in [2.05, 4.69) is 9.71 Å². The molecule has 0 aliphatic carbocycles. The minimum absolute atomic E-state index is 0. The van der Waals surface area contributed by atoms with Gasteiger partial charge in [0.05, 0.1) is 10.5 Å². The number of carbonyl (C=O) groups excluding carboxylic acids is 2. The molecule has 1 atom stereocenters. The zero-order valence-corrected chi connectivity index (χ0v) is 22.1. The molecule has 1 N–H and O–H groups in total. The lowest BCUT2D eigenvalue weighted by molar-refractivity contribution is -0.139. The SMILES string of the molecule is C[C@H](C(=O)N1CCN(c2ccc(S(=O)(=O)Nc3nccs3)cc2)C(=O)C1)n1ccc2ccc(C(F)(F)F)cc21.[HH].[HH]. The number of nitrogens with zero attached hydrogens (tertiary/aromatic N) is 4. The monoisotopic (exact) mass is 581 g/mol. The predicted molar refractivity (Wildman–Crippen MR) is 144 cm³/mol. The van der Waals surface area contributed by atoms with Crippen molar-refractivity contribution in [3.8, 4) is 0 Å². The summed E-state index contributed by atoms with van der Waals surface area (Å²) >= 11 is 1.14. The van der Waals surface area contributed by atoms with E-state index in [1.807, 2.05) is 0 Å². The van der Waals surface area contributed by atoms with Crippen LogP contribution >= 0.6 is 11.3 Å². The summed E-state index contributed by atoms with van der Waals surface area (Å²) in [5, 5.41) is 2.44. The average molecular weight is 582 g/mol. The van der Waals surface area contributed by atoms with E-state index >= 15 is 0 Å². The van der Waals surface area contributed by atoms with Crippen molar-refractivity contribution in [2.45, 2.75) is 24.0 Å². The first kappa shape index (κ1) is 26.7. The summed E-state index contributed by atoms with van der Waals surface area (Å²) in [5.41, 5.74) is -0.0596. The van der Waals surface area contributed by atoms with E-state index < -0.39 is 33.7 Å². The summed E-state index contributed by atoms with van der Waals surface area (Å²) in [5.74, 6) is -0.761. The Labute approximate surface area is 228 Å². The Kier molecular flexibility index (Phi) is 6.84. The highest BCUT2D eigenvalue weighted by atomic mass is 32.2. The molecule has 5 rings (SSSR count). The normalized spacial score (nSPS) is 15.5. The third-order valence-electron chi connectivity index (χ3n) is 6.47. The Morgan fingerprint density at radius 1 is 1.13 bits per heavy atom. The number of hydrogen-bond acceptors (Lipinski definition) is 6. The molecule has 1 aliphatic rings. The average Bonchev–Trinajstić information content (AvgIpc) is 3.56. The number of sulfonamides is 1. The van der Waals surface area contributed by atoms with Crippen LogP contribution in [0.3, 0.4) is 0 Å². The fraction of sp³-hybridized carbons (Fsp3) is 0.240. The van der Waals surface area contributed by atoms with Crippen molar-refractivity contribution in [2.24, 2.45) is 0 Å². The summed E-state index contributed by atoms with van der Waals surface area (Å²) in [7, 11) is -3.85. The van der Waals surface area contributed by atoms with Gasteiger partial charge in [0.2, 0.25) is 11.8 Å². The molecule has 0 bridgehead atoms. The lowest BCUT2D eigenvalue weighted by Crippen LogP contribution is -2.53. The molecule has 2 aromatic carbocycles. The molecule has 0 radical (unpaired) electrons. The Hall–Kier alpha value is -3.91. The summed E-state index contributed by atoms with van der Waals surface area (Å²) in [4.78, 5) is 32.9. The van der Waals surface area contributed by atoms with E-state index in [-0.39, 0.29) is 43.9 Å². The number of aromatic nitrogens is 2. The molecule has 2 amide bonds. The number of alkyl halides is 3. The first-order valence-electron chi connectivity index (χ1n) is 11.7. The second kappa shape index (κ2) is 10.0. The van der Waals surface area contributed by atoms with E-state index in [0.717, 1.165) is 23.5 Å². The highest BCUT2D eigenvalue weighted by molar-refractivity contribution is 7.93. The van der Waals surface area contributed by atoms with Crippen LogP contribution in [0.25, 0.3) is 10.9 Å². The van der Waals surface area contributed by atoms with Gasteiger partial charge in [-0.15, -0.1) is 11.3 Å². The zero-order valence-electron chi connectivity index (χ0n) is 20.4. The Morgan fingerprint density at radius 3 is 2.51 bits per heavy atom. The van der Waals surface area contributed by atoms with Crippen LogP contribution in [0.4, 0.5) is 24.0 Å². The van der Waals surface area contributed by atoms with Crippen molar-refractivity contribution in [3.05, 3.63) is 71.9 Å². The molecule has 1 aliphatic heterocycles. The number of amides is 2. The largest absolute Gasteiger partial charge is 0.416 e. The Morgan fingerprint density at radius 2 is 1.87 bits per heavy atom. The first-order chi connectivity index (χ1) is 18.4. The lowest BCUT2D eigenvalue weighted by atomic mass is 10.1. The first-order valence-corrected chi connectivity index (χ1v) is 14.1. The van der Waals surface area contributed by atoms with Gasteiger partial charge in [-0.1, -0.05) is 6.07 Å². The van der Waals surface area contributed by atoms with E-state index in [1.54, 1.807) is 24.6 Å². The third-order valence-corrected chi connectivity index (χ3v) is 8.64. The molecule has 39 heavy (non-hydrogen) atoms. The zero-order chi connectivity index (χ0) is 27.9. The molecule has 0 unspecified atom stereocenters. The second-order valence-corrected chi connectivity index (χ2v) is 11.5. The quantitative estimate of drug-likeness (QED) is 0.351. The molecule has 9 nitrogen and oxygen atoms in total. The van der Waals surface area contributed by atoms with Gasteiger partial charge in [0.1, 0.15) is 12.6 Å². The number of fused-ring (bicyclic) bond motifs is 1. The van der Waals surface area contributed by atoms with Crippen molar-refractivity contribution in [2.75, 3.05) is 29.3 Å². The van der Waals surface area contributed by atoms with Gasteiger partial charge in [-0.3, -0.25) is 14.3 Å². The molecule has 1 fully saturated rings. The van der Waals surface area contributed by atoms with Crippen LogP contribution in [0.2, 0.25) is 0 Å². The summed E-state index contributed by atoms with van der Waals surface area (Å²) < 4.78 is 68.6. The number of halogens is 3. The molecule has 1 saturated heterocycles. The van der Waals surface area contributed by atoms with Crippen molar-refractivity contribution < 1.29 is 34.0 Å². The smallest absolute Gasteiger partial charge is 0.335 e. The van der Waals surface area contributed by atoms with Crippen LogP contribution in [-0.4, -0.2) is 54.3 Å². The molecular formula is C25H26F3N5O4S2. The third kappa shape index (κ3) is 5.34. The number of nitrogens with one attached hydrogen (secondary N) is 1. The van der Waals surface area contributed by atoms with Gasteiger partial charge in [0.25, 0.3) is 10.0 Å². The fourth-order valence-corrected chi connectivity index (χ4v) is 6.22. The molecule has 3 heterocycles. The van der Waals surface area contributed by atoms with Crippen LogP contribution in [0.5, 0.6) is 0 Å².